The van der Waals surface area contributed by atoms with Gasteiger partial charge in [-0.15, -0.1) is 0 Å². The predicted molar refractivity (Wildman–Crippen MR) is 87.2 cm³/mol. The minimum Gasteiger partial charge on any atom is -0.496 e. The van der Waals surface area contributed by atoms with E-state index in [2.05, 4.69) is 0 Å². The molecule has 0 unspecified atom stereocenters. The first-order valence-electron chi connectivity index (χ1n) is 7.65. The van der Waals surface area contributed by atoms with Gasteiger partial charge < -0.3 is 4.74 Å². The van der Waals surface area contributed by atoms with Gasteiger partial charge in [0, 0.05) is 11.3 Å². The molecule has 1 atom stereocenters. The fourth-order valence-corrected chi connectivity index (χ4v) is 2.85. The summed E-state index contributed by atoms with van der Waals surface area (Å²) in [5, 5.41) is 0. The number of anilines is 1. The van der Waals surface area contributed by atoms with Gasteiger partial charge in [-0.2, -0.15) is 0 Å². The molecule has 5 nitrogen and oxygen atoms in total. The second-order valence-electron chi connectivity index (χ2n) is 5.69. The lowest BCUT2D eigenvalue weighted by Crippen LogP contribution is -2.33. The average molecular weight is 346 g/mol. The second-order valence-corrected chi connectivity index (χ2v) is 5.69. The minimum atomic E-state index is -0.738. The number of hydrogen-bond acceptors (Lipinski definition) is 3. The molecule has 7 heteroatoms. The quantitative estimate of drug-likeness (QED) is 0.798. The molecule has 0 aromatic heterocycles. The Hall–Kier alpha value is -2.96. The summed E-state index contributed by atoms with van der Waals surface area (Å²) in [7, 11) is 1.43. The van der Waals surface area contributed by atoms with Crippen LogP contribution in [0.5, 0.6) is 5.75 Å². The van der Waals surface area contributed by atoms with Gasteiger partial charge in [0.1, 0.15) is 23.4 Å². The second kappa shape index (κ2) is 6.51. The number of carbonyl (C=O) groups is 2. The molecule has 3 rings (SSSR count). The van der Waals surface area contributed by atoms with E-state index in [1.165, 1.54) is 54.5 Å². The maximum Gasteiger partial charge on any atom is 0.332 e. The minimum absolute atomic E-state index is 0.110. The Morgan fingerprint density at radius 1 is 1.04 bits per heavy atom. The van der Waals surface area contributed by atoms with Crippen LogP contribution in [-0.4, -0.2) is 30.0 Å². The molecule has 130 valence electrons. The number of carbonyl (C=O) groups excluding carboxylic acids is 2. The number of benzene rings is 2. The third kappa shape index (κ3) is 3.05. The Labute approximate surface area is 143 Å². The van der Waals surface area contributed by atoms with E-state index in [1.54, 1.807) is 6.92 Å². The third-order valence-corrected chi connectivity index (χ3v) is 4.12. The van der Waals surface area contributed by atoms with Crippen molar-refractivity contribution in [3.05, 3.63) is 59.7 Å². The Kier molecular flexibility index (Phi) is 4.39. The van der Waals surface area contributed by atoms with Crippen molar-refractivity contribution in [1.82, 2.24) is 4.90 Å². The fraction of sp³-hybridized carbons (Fsp3) is 0.222. The maximum absolute atomic E-state index is 13.5. The lowest BCUT2D eigenvalue weighted by molar-refractivity contribution is -0.127. The number of nitrogens with zero attached hydrogens (tertiary/aromatic N) is 2. The van der Waals surface area contributed by atoms with E-state index < -0.39 is 29.6 Å². The standard InChI is InChI=1S/C18H16F2N2O3/c1-11-17(23)21(10-12-9-14(20)5-8-16(12)25-2)18(24)22(11)15-6-3-13(19)4-7-15/h3-9,11H,10H2,1-2H3/t11-/m0/s1. The molecule has 2 aromatic rings. The van der Waals surface area contributed by atoms with Gasteiger partial charge in [0.2, 0.25) is 0 Å². The van der Waals surface area contributed by atoms with Crippen LogP contribution in [0.15, 0.2) is 42.5 Å². The van der Waals surface area contributed by atoms with E-state index in [9.17, 15) is 18.4 Å². The average Bonchev–Trinajstić information content (AvgIpc) is 2.80. The molecule has 0 saturated carbocycles. The molecule has 25 heavy (non-hydrogen) atoms. The predicted octanol–water partition coefficient (Wildman–Crippen LogP) is 3.33. The molecular weight excluding hydrogens is 330 g/mol. The van der Waals surface area contributed by atoms with Gasteiger partial charge in [-0.3, -0.25) is 14.6 Å². The molecule has 0 radical (unpaired) electrons. The topological polar surface area (TPSA) is 49.9 Å². The highest BCUT2D eigenvalue weighted by atomic mass is 19.1. The van der Waals surface area contributed by atoms with Gasteiger partial charge in [0.15, 0.2) is 0 Å². The molecule has 0 aliphatic carbocycles. The summed E-state index contributed by atoms with van der Waals surface area (Å²) in [5.74, 6) is -0.954. The van der Waals surface area contributed by atoms with Crippen LogP contribution in [0.25, 0.3) is 0 Å². The first-order chi connectivity index (χ1) is 11.9. The van der Waals surface area contributed by atoms with Gasteiger partial charge in [0.25, 0.3) is 5.91 Å². The Balaban J connectivity index is 1.91. The molecule has 2 aromatic carbocycles. The maximum atomic E-state index is 13.5. The number of methoxy groups -OCH3 is 1. The molecule has 0 spiro atoms. The van der Waals surface area contributed by atoms with Crippen molar-refractivity contribution < 1.29 is 23.1 Å². The van der Waals surface area contributed by atoms with Crippen LogP contribution in [-0.2, 0) is 11.3 Å². The lowest BCUT2D eigenvalue weighted by atomic mass is 10.2. The van der Waals surface area contributed by atoms with Crippen molar-refractivity contribution in [3.8, 4) is 5.75 Å². The number of rotatable bonds is 4. The number of ether oxygens (including phenoxy) is 1. The molecular formula is C18H16F2N2O3. The largest absolute Gasteiger partial charge is 0.496 e. The smallest absolute Gasteiger partial charge is 0.332 e. The first kappa shape index (κ1) is 16.9. The fourth-order valence-electron chi connectivity index (χ4n) is 2.85. The van der Waals surface area contributed by atoms with E-state index in [-0.39, 0.29) is 6.54 Å². The monoisotopic (exact) mass is 346 g/mol. The number of imide groups is 1. The summed E-state index contributed by atoms with van der Waals surface area (Å²) in [6.45, 7) is 1.48. The highest BCUT2D eigenvalue weighted by molar-refractivity contribution is 6.14. The van der Waals surface area contributed by atoms with E-state index >= 15 is 0 Å². The first-order valence-corrected chi connectivity index (χ1v) is 7.65. The zero-order valence-corrected chi connectivity index (χ0v) is 13.7. The summed E-state index contributed by atoms with van der Waals surface area (Å²) >= 11 is 0. The van der Waals surface area contributed by atoms with E-state index in [0.717, 1.165) is 4.90 Å². The van der Waals surface area contributed by atoms with Crippen molar-refractivity contribution in [2.45, 2.75) is 19.5 Å². The SMILES string of the molecule is COc1ccc(F)cc1CN1C(=O)[C@H](C)N(c2ccc(F)cc2)C1=O. The molecule has 3 amide bonds. The number of urea groups is 1. The molecule has 1 aliphatic rings. The van der Waals surface area contributed by atoms with Crippen LogP contribution in [0.3, 0.4) is 0 Å². The zero-order valence-electron chi connectivity index (χ0n) is 13.7. The van der Waals surface area contributed by atoms with Gasteiger partial charge in [-0.25, -0.2) is 13.6 Å². The van der Waals surface area contributed by atoms with Crippen molar-refractivity contribution in [2.24, 2.45) is 0 Å². The van der Waals surface area contributed by atoms with Gasteiger partial charge in [-0.1, -0.05) is 0 Å². The van der Waals surface area contributed by atoms with Gasteiger partial charge >= 0.3 is 6.03 Å². The van der Waals surface area contributed by atoms with Crippen LogP contribution < -0.4 is 9.64 Å². The van der Waals surface area contributed by atoms with Crippen LogP contribution in [0, 0.1) is 11.6 Å². The van der Waals surface area contributed by atoms with Gasteiger partial charge in [0.05, 0.1) is 13.7 Å². The molecule has 1 saturated heterocycles. The molecule has 1 fully saturated rings. The summed E-state index contributed by atoms with van der Waals surface area (Å²) in [5.41, 5.74) is 0.804. The highest BCUT2D eigenvalue weighted by Crippen LogP contribution is 2.29. The van der Waals surface area contributed by atoms with Crippen LogP contribution in [0.1, 0.15) is 12.5 Å². The molecule has 1 heterocycles. The highest BCUT2D eigenvalue weighted by Gasteiger charge is 2.43. The van der Waals surface area contributed by atoms with E-state index in [1.807, 2.05) is 0 Å². The normalized spacial score (nSPS) is 17.4. The molecule has 0 N–H and O–H groups in total. The van der Waals surface area contributed by atoms with Crippen LogP contribution >= 0.6 is 0 Å². The zero-order chi connectivity index (χ0) is 18.1. The summed E-state index contributed by atoms with van der Waals surface area (Å²) in [6, 6.07) is 7.93. The number of hydrogen-bond donors (Lipinski definition) is 0. The molecule has 0 bridgehead atoms. The van der Waals surface area contributed by atoms with E-state index in [4.69, 9.17) is 4.74 Å². The Morgan fingerprint density at radius 3 is 2.32 bits per heavy atom. The van der Waals surface area contributed by atoms with E-state index in [0.29, 0.717) is 17.0 Å². The van der Waals surface area contributed by atoms with Crippen LogP contribution in [0.2, 0.25) is 0 Å². The van der Waals surface area contributed by atoms with Crippen molar-refractivity contribution in [1.29, 1.82) is 0 Å². The summed E-state index contributed by atoms with van der Waals surface area (Å²) < 4.78 is 31.8. The Morgan fingerprint density at radius 2 is 1.68 bits per heavy atom. The molecule has 1 aliphatic heterocycles. The van der Waals surface area contributed by atoms with Crippen molar-refractivity contribution >= 4 is 17.6 Å². The number of amides is 3. The summed E-state index contributed by atoms with van der Waals surface area (Å²) in [4.78, 5) is 27.5. The third-order valence-electron chi connectivity index (χ3n) is 4.12. The van der Waals surface area contributed by atoms with Crippen molar-refractivity contribution in [2.75, 3.05) is 12.0 Å². The van der Waals surface area contributed by atoms with Crippen molar-refractivity contribution in [3.63, 3.8) is 0 Å². The lowest BCUT2D eigenvalue weighted by Gasteiger charge is -2.19. The number of halogens is 2. The Bertz CT molecular complexity index is 824. The van der Waals surface area contributed by atoms with Crippen LogP contribution in [0.4, 0.5) is 19.3 Å². The van der Waals surface area contributed by atoms with Gasteiger partial charge in [-0.05, 0) is 49.4 Å². The summed E-state index contributed by atoms with van der Waals surface area (Å²) in [6.07, 6.45) is 0.